The molecule has 0 aliphatic heterocycles. The van der Waals surface area contributed by atoms with E-state index in [-0.39, 0.29) is 5.91 Å². The van der Waals surface area contributed by atoms with Crippen molar-refractivity contribution in [2.24, 2.45) is 0 Å². The van der Waals surface area contributed by atoms with Crippen LogP contribution < -0.4 is 4.90 Å². The molecular formula is C15H20N4OS. The molecule has 2 heterocycles. The molecule has 112 valence electrons. The van der Waals surface area contributed by atoms with Crippen LogP contribution >= 0.6 is 11.8 Å². The van der Waals surface area contributed by atoms with Gasteiger partial charge in [-0.2, -0.15) is 16.9 Å². The Morgan fingerprint density at radius 2 is 2.29 bits per heavy atom. The first-order chi connectivity index (χ1) is 10.2. The SMILES string of the molecule is CCN(C(=O)CCSC)c1cn(-c2cccnc2)nc1C. The summed E-state index contributed by atoms with van der Waals surface area (Å²) in [7, 11) is 0. The molecular weight excluding hydrogens is 284 g/mol. The molecule has 5 nitrogen and oxygen atoms in total. The smallest absolute Gasteiger partial charge is 0.227 e. The van der Waals surface area contributed by atoms with Crippen molar-refractivity contribution in [2.75, 3.05) is 23.5 Å². The number of aryl methyl sites for hydroxylation is 1. The van der Waals surface area contributed by atoms with Gasteiger partial charge in [0.2, 0.25) is 5.91 Å². The molecule has 0 saturated carbocycles. The third kappa shape index (κ3) is 3.64. The molecule has 0 aliphatic carbocycles. The van der Waals surface area contributed by atoms with Crippen molar-refractivity contribution in [1.29, 1.82) is 0 Å². The number of pyridine rings is 1. The van der Waals surface area contributed by atoms with Gasteiger partial charge in [-0.3, -0.25) is 9.78 Å². The number of rotatable bonds is 6. The molecule has 0 radical (unpaired) electrons. The Labute approximate surface area is 129 Å². The lowest BCUT2D eigenvalue weighted by atomic mass is 10.3. The average molecular weight is 304 g/mol. The van der Waals surface area contributed by atoms with Crippen LogP contribution in [0, 0.1) is 6.92 Å². The zero-order valence-corrected chi connectivity index (χ0v) is 13.4. The van der Waals surface area contributed by atoms with Gasteiger partial charge in [0.05, 0.1) is 29.5 Å². The van der Waals surface area contributed by atoms with E-state index in [9.17, 15) is 4.79 Å². The Morgan fingerprint density at radius 1 is 1.48 bits per heavy atom. The number of amides is 1. The number of nitrogens with zero attached hydrogens (tertiary/aromatic N) is 4. The molecule has 21 heavy (non-hydrogen) atoms. The van der Waals surface area contributed by atoms with Gasteiger partial charge < -0.3 is 4.90 Å². The Bertz CT molecular complexity index is 597. The predicted molar refractivity (Wildman–Crippen MR) is 87.1 cm³/mol. The lowest BCUT2D eigenvalue weighted by molar-refractivity contribution is -0.118. The van der Waals surface area contributed by atoms with Crippen molar-refractivity contribution in [3.8, 4) is 5.69 Å². The van der Waals surface area contributed by atoms with Crippen LogP contribution in [0.5, 0.6) is 0 Å². The predicted octanol–water partition coefficient (Wildman–Crippen LogP) is 2.68. The van der Waals surface area contributed by atoms with Gasteiger partial charge in [0.25, 0.3) is 0 Å². The second-order valence-corrected chi connectivity index (χ2v) is 5.62. The number of carbonyl (C=O) groups excluding carboxylic acids is 1. The molecule has 0 bridgehead atoms. The highest BCUT2D eigenvalue weighted by Gasteiger charge is 2.18. The van der Waals surface area contributed by atoms with E-state index in [1.54, 1.807) is 33.7 Å². The van der Waals surface area contributed by atoms with Gasteiger partial charge in [0.15, 0.2) is 0 Å². The van der Waals surface area contributed by atoms with Gasteiger partial charge in [-0.15, -0.1) is 0 Å². The molecule has 0 fully saturated rings. The van der Waals surface area contributed by atoms with E-state index in [0.717, 1.165) is 22.8 Å². The van der Waals surface area contributed by atoms with E-state index in [4.69, 9.17) is 0 Å². The zero-order valence-electron chi connectivity index (χ0n) is 12.6. The highest BCUT2D eigenvalue weighted by Crippen LogP contribution is 2.21. The van der Waals surface area contributed by atoms with Crippen LogP contribution in [-0.4, -0.2) is 39.2 Å². The quantitative estimate of drug-likeness (QED) is 0.823. The number of hydrogen-bond donors (Lipinski definition) is 0. The van der Waals surface area contributed by atoms with E-state index in [1.807, 2.05) is 38.4 Å². The van der Waals surface area contributed by atoms with Gasteiger partial charge in [-0.05, 0) is 32.2 Å². The summed E-state index contributed by atoms with van der Waals surface area (Å²) in [6.07, 6.45) is 7.93. The standard InChI is InChI=1S/C15H20N4OS/c1-4-18(15(20)7-9-21-3)14-11-19(17-12(14)2)13-6-5-8-16-10-13/h5-6,8,10-11H,4,7,9H2,1-3H3. The van der Waals surface area contributed by atoms with Crippen molar-refractivity contribution >= 4 is 23.4 Å². The van der Waals surface area contributed by atoms with Crippen LogP contribution in [0.1, 0.15) is 19.0 Å². The van der Waals surface area contributed by atoms with Gasteiger partial charge in [0.1, 0.15) is 0 Å². The summed E-state index contributed by atoms with van der Waals surface area (Å²) in [6.45, 7) is 4.55. The second-order valence-electron chi connectivity index (χ2n) is 4.64. The molecule has 2 rings (SSSR count). The first-order valence-corrected chi connectivity index (χ1v) is 8.32. The fourth-order valence-electron chi connectivity index (χ4n) is 2.14. The van der Waals surface area contributed by atoms with E-state index < -0.39 is 0 Å². The average Bonchev–Trinajstić information content (AvgIpc) is 2.89. The van der Waals surface area contributed by atoms with Crippen molar-refractivity contribution in [3.05, 3.63) is 36.4 Å². The summed E-state index contributed by atoms with van der Waals surface area (Å²) in [5.41, 5.74) is 2.60. The maximum Gasteiger partial charge on any atom is 0.227 e. The second kappa shape index (κ2) is 7.26. The fraction of sp³-hybridized carbons (Fsp3) is 0.400. The maximum absolute atomic E-state index is 12.3. The van der Waals surface area contributed by atoms with E-state index >= 15 is 0 Å². The molecule has 0 spiro atoms. The Balaban J connectivity index is 2.27. The Morgan fingerprint density at radius 3 is 2.90 bits per heavy atom. The van der Waals surface area contributed by atoms with Crippen LogP contribution in [0.4, 0.5) is 5.69 Å². The van der Waals surface area contributed by atoms with Crippen molar-refractivity contribution in [1.82, 2.24) is 14.8 Å². The summed E-state index contributed by atoms with van der Waals surface area (Å²) in [5, 5.41) is 4.49. The number of thioether (sulfide) groups is 1. The topological polar surface area (TPSA) is 51.0 Å². The largest absolute Gasteiger partial charge is 0.310 e. The first-order valence-electron chi connectivity index (χ1n) is 6.93. The van der Waals surface area contributed by atoms with E-state index in [2.05, 4.69) is 10.1 Å². The lowest BCUT2D eigenvalue weighted by Gasteiger charge is -2.19. The molecule has 0 aromatic carbocycles. The molecule has 0 unspecified atom stereocenters. The van der Waals surface area contributed by atoms with Crippen LogP contribution in [0.3, 0.4) is 0 Å². The number of anilines is 1. The normalized spacial score (nSPS) is 10.6. The van der Waals surface area contributed by atoms with Crippen LogP contribution in [0.15, 0.2) is 30.7 Å². The summed E-state index contributed by atoms with van der Waals surface area (Å²) in [5.74, 6) is 0.978. The number of carbonyl (C=O) groups is 1. The van der Waals surface area contributed by atoms with Gasteiger partial charge in [-0.1, -0.05) is 0 Å². The highest BCUT2D eigenvalue weighted by atomic mass is 32.2. The lowest BCUT2D eigenvalue weighted by Crippen LogP contribution is -2.31. The molecule has 0 aliphatic rings. The van der Waals surface area contributed by atoms with E-state index in [1.165, 1.54) is 0 Å². The van der Waals surface area contributed by atoms with Gasteiger partial charge >= 0.3 is 0 Å². The zero-order chi connectivity index (χ0) is 15.2. The molecule has 2 aromatic rings. The minimum atomic E-state index is 0.140. The minimum Gasteiger partial charge on any atom is -0.310 e. The van der Waals surface area contributed by atoms with Crippen molar-refractivity contribution in [3.63, 3.8) is 0 Å². The van der Waals surface area contributed by atoms with Crippen LogP contribution in [0.2, 0.25) is 0 Å². The molecule has 0 atom stereocenters. The molecule has 6 heteroatoms. The molecule has 1 amide bonds. The maximum atomic E-state index is 12.3. The van der Waals surface area contributed by atoms with Crippen LogP contribution in [0.25, 0.3) is 5.69 Å². The molecule has 2 aromatic heterocycles. The fourth-order valence-corrected chi connectivity index (χ4v) is 2.52. The molecule has 0 N–H and O–H groups in total. The summed E-state index contributed by atoms with van der Waals surface area (Å²) in [6, 6.07) is 3.81. The highest BCUT2D eigenvalue weighted by molar-refractivity contribution is 7.98. The third-order valence-corrected chi connectivity index (χ3v) is 3.82. The minimum absolute atomic E-state index is 0.140. The van der Waals surface area contributed by atoms with Gasteiger partial charge in [0, 0.05) is 24.9 Å². The Kier molecular flexibility index (Phi) is 5.38. The number of hydrogen-bond acceptors (Lipinski definition) is 4. The van der Waals surface area contributed by atoms with Crippen LogP contribution in [-0.2, 0) is 4.79 Å². The number of aromatic nitrogens is 3. The van der Waals surface area contributed by atoms with E-state index in [0.29, 0.717) is 13.0 Å². The Hall–Kier alpha value is -1.82. The third-order valence-electron chi connectivity index (χ3n) is 3.21. The summed E-state index contributed by atoms with van der Waals surface area (Å²) < 4.78 is 1.77. The van der Waals surface area contributed by atoms with Crippen molar-refractivity contribution in [2.45, 2.75) is 20.3 Å². The monoisotopic (exact) mass is 304 g/mol. The summed E-state index contributed by atoms with van der Waals surface area (Å²) >= 11 is 1.68. The first kappa shape index (κ1) is 15.6. The molecule has 0 saturated heterocycles. The van der Waals surface area contributed by atoms with Crippen molar-refractivity contribution < 1.29 is 4.79 Å². The summed E-state index contributed by atoms with van der Waals surface area (Å²) in [4.78, 5) is 18.2. The van der Waals surface area contributed by atoms with Gasteiger partial charge in [-0.25, -0.2) is 4.68 Å².